The Morgan fingerprint density at radius 2 is 1.92 bits per heavy atom. The van der Waals surface area contributed by atoms with Crippen LogP contribution < -0.4 is 5.32 Å². The zero-order chi connectivity index (χ0) is 17.2. The number of nitrogens with one attached hydrogen (secondary N) is 1. The standard InChI is InChI=1S/C19H18ClNO2S/c1-19(23,17-10-14-7-3-5-9-16(14)24-17)12-21-18(22)11-13-6-2-4-8-15(13)20/h2-10,23H,11-12H2,1H3,(H,21,22). The summed E-state index contributed by atoms with van der Waals surface area (Å²) in [5.74, 6) is -0.163. The second-order valence-corrected chi connectivity index (χ2v) is 7.46. The quantitative estimate of drug-likeness (QED) is 0.719. The third kappa shape index (κ3) is 3.78. The Balaban J connectivity index is 1.66. The number of thiophene rings is 1. The highest BCUT2D eigenvalue weighted by Gasteiger charge is 2.26. The summed E-state index contributed by atoms with van der Waals surface area (Å²) >= 11 is 7.61. The van der Waals surface area contributed by atoms with Crippen LogP contribution in [0.4, 0.5) is 0 Å². The highest BCUT2D eigenvalue weighted by molar-refractivity contribution is 7.19. The molecule has 1 heterocycles. The zero-order valence-electron chi connectivity index (χ0n) is 13.3. The smallest absolute Gasteiger partial charge is 0.224 e. The fourth-order valence-corrected chi connectivity index (χ4v) is 3.79. The number of carbonyl (C=O) groups excluding carboxylic acids is 1. The highest BCUT2D eigenvalue weighted by atomic mass is 35.5. The second kappa shape index (κ2) is 6.93. The van der Waals surface area contributed by atoms with Crippen LogP contribution >= 0.6 is 22.9 Å². The molecular formula is C19H18ClNO2S. The number of halogens is 1. The molecule has 1 atom stereocenters. The lowest BCUT2D eigenvalue weighted by atomic mass is 10.0. The van der Waals surface area contributed by atoms with E-state index in [1.54, 1.807) is 13.0 Å². The third-order valence-electron chi connectivity index (χ3n) is 3.89. The van der Waals surface area contributed by atoms with Gasteiger partial charge in [-0.25, -0.2) is 0 Å². The molecule has 2 N–H and O–H groups in total. The molecule has 0 saturated heterocycles. The first kappa shape index (κ1) is 17.0. The van der Waals surface area contributed by atoms with Crippen molar-refractivity contribution >= 4 is 38.9 Å². The molecule has 0 spiro atoms. The van der Waals surface area contributed by atoms with Gasteiger partial charge < -0.3 is 10.4 Å². The third-order valence-corrected chi connectivity index (χ3v) is 5.63. The summed E-state index contributed by atoms with van der Waals surface area (Å²) < 4.78 is 1.12. The lowest BCUT2D eigenvalue weighted by Crippen LogP contribution is -2.38. The van der Waals surface area contributed by atoms with Gasteiger partial charge in [0.1, 0.15) is 5.60 Å². The molecule has 0 aliphatic rings. The first-order valence-corrected chi connectivity index (χ1v) is 8.87. The lowest BCUT2D eigenvalue weighted by molar-refractivity contribution is -0.121. The molecule has 1 aromatic heterocycles. The fraction of sp³-hybridized carbons (Fsp3) is 0.211. The monoisotopic (exact) mass is 359 g/mol. The molecule has 124 valence electrons. The summed E-state index contributed by atoms with van der Waals surface area (Å²) in [7, 11) is 0. The number of aliphatic hydroxyl groups is 1. The van der Waals surface area contributed by atoms with Crippen molar-refractivity contribution in [3.63, 3.8) is 0 Å². The summed E-state index contributed by atoms with van der Waals surface area (Å²) in [5, 5.41) is 15.2. The SMILES string of the molecule is CC(O)(CNC(=O)Cc1ccccc1Cl)c1cc2ccccc2s1. The molecule has 3 aromatic rings. The van der Waals surface area contributed by atoms with E-state index in [0.29, 0.717) is 5.02 Å². The van der Waals surface area contributed by atoms with Crippen molar-refractivity contribution in [2.75, 3.05) is 6.54 Å². The first-order chi connectivity index (χ1) is 11.5. The van der Waals surface area contributed by atoms with Crippen molar-refractivity contribution in [3.05, 3.63) is 70.1 Å². The molecule has 5 heteroatoms. The van der Waals surface area contributed by atoms with E-state index in [9.17, 15) is 9.90 Å². The Bertz CT molecular complexity index is 839. The molecule has 0 bridgehead atoms. The second-order valence-electron chi connectivity index (χ2n) is 5.97. The average Bonchev–Trinajstić information content (AvgIpc) is 3.00. The van der Waals surface area contributed by atoms with Gasteiger partial charge in [0.25, 0.3) is 0 Å². The van der Waals surface area contributed by atoms with Gasteiger partial charge in [0.05, 0.1) is 13.0 Å². The molecular weight excluding hydrogens is 342 g/mol. The molecule has 0 aliphatic heterocycles. The molecule has 0 fully saturated rings. The van der Waals surface area contributed by atoms with Gasteiger partial charge in [-0.3, -0.25) is 4.79 Å². The number of hydrogen-bond acceptors (Lipinski definition) is 3. The molecule has 3 rings (SSSR count). The van der Waals surface area contributed by atoms with Crippen molar-refractivity contribution in [2.45, 2.75) is 18.9 Å². The Morgan fingerprint density at radius 3 is 2.67 bits per heavy atom. The largest absolute Gasteiger partial charge is 0.383 e. The van der Waals surface area contributed by atoms with Crippen molar-refractivity contribution in [1.82, 2.24) is 5.32 Å². The molecule has 3 nitrogen and oxygen atoms in total. The summed E-state index contributed by atoms with van der Waals surface area (Å²) in [4.78, 5) is 13.0. The van der Waals surface area contributed by atoms with Crippen LogP contribution in [-0.2, 0) is 16.8 Å². The number of fused-ring (bicyclic) bond motifs is 1. The Morgan fingerprint density at radius 1 is 1.21 bits per heavy atom. The summed E-state index contributed by atoms with van der Waals surface area (Å²) in [6, 6.07) is 17.2. The normalized spacial score (nSPS) is 13.6. The Hall–Kier alpha value is -1.88. The Labute approximate surface area is 149 Å². The van der Waals surface area contributed by atoms with Gasteiger partial charge in [0.2, 0.25) is 5.91 Å². The first-order valence-electron chi connectivity index (χ1n) is 7.67. The van der Waals surface area contributed by atoms with Gasteiger partial charge in [0.15, 0.2) is 0 Å². The van der Waals surface area contributed by atoms with E-state index < -0.39 is 5.60 Å². The minimum atomic E-state index is -1.11. The van der Waals surface area contributed by atoms with Gasteiger partial charge in [-0.05, 0) is 36.1 Å². The van der Waals surface area contributed by atoms with Crippen LogP contribution in [0.2, 0.25) is 5.02 Å². The molecule has 0 saturated carbocycles. The topological polar surface area (TPSA) is 49.3 Å². The molecule has 0 radical (unpaired) electrons. The minimum Gasteiger partial charge on any atom is -0.383 e. The number of carbonyl (C=O) groups is 1. The maximum atomic E-state index is 12.1. The zero-order valence-corrected chi connectivity index (χ0v) is 14.8. The highest BCUT2D eigenvalue weighted by Crippen LogP contribution is 2.32. The van der Waals surface area contributed by atoms with Crippen molar-refractivity contribution in [3.8, 4) is 0 Å². The van der Waals surface area contributed by atoms with Gasteiger partial charge in [-0.1, -0.05) is 48.0 Å². The molecule has 1 unspecified atom stereocenters. The van der Waals surface area contributed by atoms with Gasteiger partial charge in [-0.15, -0.1) is 11.3 Å². The molecule has 24 heavy (non-hydrogen) atoms. The molecule has 1 amide bonds. The fourth-order valence-electron chi connectivity index (χ4n) is 2.48. The predicted octanol–water partition coefficient (Wildman–Crippen LogP) is 4.12. The van der Waals surface area contributed by atoms with E-state index in [2.05, 4.69) is 5.32 Å². The minimum absolute atomic E-state index is 0.156. The van der Waals surface area contributed by atoms with Crippen LogP contribution in [0.1, 0.15) is 17.4 Å². The van der Waals surface area contributed by atoms with Gasteiger partial charge >= 0.3 is 0 Å². The maximum Gasteiger partial charge on any atom is 0.224 e. The predicted molar refractivity (Wildman–Crippen MR) is 99.6 cm³/mol. The van der Waals surface area contributed by atoms with Crippen LogP contribution in [0.3, 0.4) is 0 Å². The van der Waals surface area contributed by atoms with Crippen LogP contribution in [0.15, 0.2) is 54.6 Å². The van der Waals surface area contributed by atoms with Crippen LogP contribution in [0, 0.1) is 0 Å². The van der Waals surface area contributed by atoms with Crippen LogP contribution in [-0.4, -0.2) is 17.6 Å². The number of hydrogen-bond donors (Lipinski definition) is 2. The van der Waals surface area contributed by atoms with E-state index in [4.69, 9.17) is 11.6 Å². The maximum absolute atomic E-state index is 12.1. The van der Waals surface area contributed by atoms with Crippen molar-refractivity contribution < 1.29 is 9.90 Å². The summed E-state index contributed by atoms with van der Waals surface area (Å²) in [6.45, 7) is 1.87. The number of rotatable bonds is 5. The van der Waals surface area contributed by atoms with E-state index in [1.807, 2.05) is 48.5 Å². The lowest BCUT2D eigenvalue weighted by Gasteiger charge is -2.22. The van der Waals surface area contributed by atoms with Gasteiger partial charge in [0, 0.05) is 14.6 Å². The van der Waals surface area contributed by atoms with E-state index in [0.717, 1.165) is 20.5 Å². The van der Waals surface area contributed by atoms with E-state index >= 15 is 0 Å². The van der Waals surface area contributed by atoms with E-state index in [-0.39, 0.29) is 18.9 Å². The molecule has 0 aliphatic carbocycles. The Kier molecular flexibility index (Phi) is 4.90. The van der Waals surface area contributed by atoms with Gasteiger partial charge in [-0.2, -0.15) is 0 Å². The summed E-state index contributed by atoms with van der Waals surface area (Å²) in [5.41, 5.74) is -0.335. The number of amides is 1. The summed E-state index contributed by atoms with van der Waals surface area (Å²) in [6.07, 6.45) is 0.197. The van der Waals surface area contributed by atoms with Crippen LogP contribution in [0.5, 0.6) is 0 Å². The van der Waals surface area contributed by atoms with E-state index in [1.165, 1.54) is 11.3 Å². The molecule has 2 aromatic carbocycles. The van der Waals surface area contributed by atoms with Crippen LogP contribution in [0.25, 0.3) is 10.1 Å². The van der Waals surface area contributed by atoms with Crippen molar-refractivity contribution in [1.29, 1.82) is 0 Å². The van der Waals surface area contributed by atoms with Crippen molar-refractivity contribution in [2.24, 2.45) is 0 Å². The number of benzene rings is 2. The average molecular weight is 360 g/mol.